The van der Waals surface area contributed by atoms with Crippen molar-refractivity contribution in [2.75, 3.05) is 24.7 Å². The minimum absolute atomic E-state index is 0.0703. The number of methoxy groups -OCH3 is 1. The standard InChI is InChI=1S/C19H19FN6O3/c1-21-19(28)11-8-22-15(25-18(27)10-3-4-10)7-14(11)24-13-5-6-26-16(17(13)29-2)12(20)9-23-26/h5-10H,3-4H2,1-2H3,(H,21,28)(H2,22,24,25,27)/i1D3. The van der Waals surface area contributed by atoms with E-state index in [1.54, 1.807) is 6.07 Å². The van der Waals surface area contributed by atoms with E-state index in [0.29, 0.717) is 0 Å². The average Bonchev–Trinajstić information content (AvgIpc) is 3.50. The summed E-state index contributed by atoms with van der Waals surface area (Å²) in [6.45, 7) is -2.72. The molecular weight excluding hydrogens is 379 g/mol. The fourth-order valence-electron chi connectivity index (χ4n) is 2.91. The van der Waals surface area contributed by atoms with Crippen LogP contribution in [0.15, 0.2) is 30.7 Å². The Morgan fingerprint density at radius 2 is 2.17 bits per heavy atom. The van der Waals surface area contributed by atoms with Crippen LogP contribution in [0.3, 0.4) is 0 Å². The van der Waals surface area contributed by atoms with E-state index in [1.165, 1.54) is 23.9 Å². The Morgan fingerprint density at radius 1 is 1.34 bits per heavy atom. The molecule has 0 bridgehead atoms. The zero-order valence-corrected chi connectivity index (χ0v) is 15.3. The molecule has 4 rings (SSSR count). The summed E-state index contributed by atoms with van der Waals surface area (Å²) in [5.74, 6) is -1.49. The summed E-state index contributed by atoms with van der Waals surface area (Å²) in [7, 11) is 1.35. The third kappa shape index (κ3) is 3.56. The number of pyridine rings is 2. The first kappa shape index (κ1) is 15.3. The Bertz CT molecular complexity index is 1210. The molecule has 0 radical (unpaired) electrons. The molecule has 3 aromatic rings. The zero-order chi connectivity index (χ0) is 23.0. The lowest BCUT2D eigenvalue weighted by atomic mass is 10.2. The SMILES string of the molecule is [2H]C([2H])([2H])NC(=O)c1cnc(NC(=O)C2CC2)cc1Nc1ccn2ncc(F)c2c1OC. The van der Waals surface area contributed by atoms with Crippen molar-refractivity contribution in [1.29, 1.82) is 0 Å². The van der Waals surface area contributed by atoms with Crippen molar-refractivity contribution < 1.29 is 22.8 Å². The van der Waals surface area contributed by atoms with Crippen LogP contribution >= 0.6 is 0 Å². The highest BCUT2D eigenvalue weighted by atomic mass is 19.1. The van der Waals surface area contributed by atoms with Crippen LogP contribution < -0.4 is 20.7 Å². The van der Waals surface area contributed by atoms with Gasteiger partial charge in [-0.25, -0.2) is 13.9 Å². The van der Waals surface area contributed by atoms with Crippen molar-refractivity contribution in [1.82, 2.24) is 19.9 Å². The molecule has 9 nitrogen and oxygen atoms in total. The number of nitrogens with zero attached hydrogens (tertiary/aromatic N) is 3. The maximum Gasteiger partial charge on any atom is 0.254 e. The third-order valence-electron chi connectivity index (χ3n) is 4.53. The van der Waals surface area contributed by atoms with E-state index < -0.39 is 18.7 Å². The molecule has 2 amide bonds. The van der Waals surface area contributed by atoms with E-state index in [1.807, 2.05) is 5.32 Å². The number of amides is 2. The van der Waals surface area contributed by atoms with E-state index in [4.69, 9.17) is 8.85 Å². The summed E-state index contributed by atoms with van der Waals surface area (Å²) in [6.07, 6.45) is 5.27. The van der Waals surface area contributed by atoms with Gasteiger partial charge < -0.3 is 20.7 Å². The molecule has 3 aromatic heterocycles. The fraction of sp³-hybridized carbons (Fsp3) is 0.263. The molecular formula is C19H19FN6O3. The third-order valence-corrected chi connectivity index (χ3v) is 4.53. The maximum absolute atomic E-state index is 14.2. The molecule has 29 heavy (non-hydrogen) atoms. The van der Waals surface area contributed by atoms with Crippen LogP contribution in [-0.4, -0.2) is 40.5 Å². The topological polar surface area (TPSA) is 110 Å². The predicted octanol–water partition coefficient (Wildman–Crippen LogP) is 2.33. The average molecular weight is 401 g/mol. The molecule has 150 valence electrons. The number of carbonyl (C=O) groups is 2. The van der Waals surface area contributed by atoms with Crippen molar-refractivity contribution in [3.05, 3.63) is 42.1 Å². The summed E-state index contributed by atoms with van der Waals surface area (Å²) in [5.41, 5.74) is 0.396. The highest BCUT2D eigenvalue weighted by molar-refractivity contribution is 6.01. The van der Waals surface area contributed by atoms with Gasteiger partial charge in [0.15, 0.2) is 11.6 Å². The van der Waals surface area contributed by atoms with Crippen LogP contribution in [0.25, 0.3) is 5.52 Å². The van der Waals surface area contributed by atoms with Gasteiger partial charge in [0, 0.05) is 35.5 Å². The van der Waals surface area contributed by atoms with Crippen molar-refractivity contribution >= 4 is 34.5 Å². The van der Waals surface area contributed by atoms with Gasteiger partial charge in [-0.2, -0.15) is 5.10 Å². The summed E-state index contributed by atoms with van der Waals surface area (Å²) < 4.78 is 42.7. The second kappa shape index (κ2) is 7.38. The number of carbonyl (C=O) groups excluding carboxylic acids is 2. The first-order valence-corrected chi connectivity index (χ1v) is 8.76. The van der Waals surface area contributed by atoms with Gasteiger partial charge in [0.05, 0.1) is 30.2 Å². The number of nitrogens with one attached hydrogen (secondary N) is 3. The molecule has 0 spiro atoms. The van der Waals surface area contributed by atoms with E-state index in [0.717, 1.165) is 25.2 Å². The van der Waals surface area contributed by atoms with Crippen molar-refractivity contribution in [2.45, 2.75) is 12.8 Å². The summed E-state index contributed by atoms with van der Waals surface area (Å²) in [4.78, 5) is 28.7. The van der Waals surface area contributed by atoms with Crippen LogP contribution in [0, 0.1) is 11.7 Å². The Hall–Kier alpha value is -3.69. The van der Waals surface area contributed by atoms with Gasteiger partial charge >= 0.3 is 0 Å². The number of ether oxygens (including phenoxy) is 1. The smallest absolute Gasteiger partial charge is 0.254 e. The number of hydrogen-bond donors (Lipinski definition) is 3. The van der Waals surface area contributed by atoms with Gasteiger partial charge in [-0.15, -0.1) is 0 Å². The van der Waals surface area contributed by atoms with Crippen LogP contribution in [0.4, 0.5) is 21.6 Å². The Labute approximate surface area is 169 Å². The van der Waals surface area contributed by atoms with E-state index >= 15 is 0 Å². The van der Waals surface area contributed by atoms with Crippen LogP contribution in [0.1, 0.15) is 27.3 Å². The number of rotatable bonds is 6. The monoisotopic (exact) mass is 401 g/mol. The molecule has 0 aliphatic heterocycles. The molecule has 1 aliphatic carbocycles. The first-order valence-electron chi connectivity index (χ1n) is 10.3. The molecule has 10 heteroatoms. The van der Waals surface area contributed by atoms with Crippen molar-refractivity contribution in [3.8, 4) is 5.75 Å². The largest absolute Gasteiger partial charge is 0.492 e. The molecule has 1 aliphatic rings. The minimum atomic E-state index is -2.72. The molecule has 0 saturated heterocycles. The van der Waals surface area contributed by atoms with Gasteiger partial charge in [-0.1, -0.05) is 0 Å². The van der Waals surface area contributed by atoms with Gasteiger partial charge in [0.2, 0.25) is 5.91 Å². The van der Waals surface area contributed by atoms with Crippen molar-refractivity contribution in [2.24, 2.45) is 5.92 Å². The van der Waals surface area contributed by atoms with E-state index in [-0.39, 0.29) is 45.8 Å². The molecule has 1 fully saturated rings. The quantitative estimate of drug-likeness (QED) is 0.585. The highest BCUT2D eigenvalue weighted by Crippen LogP contribution is 2.35. The summed E-state index contributed by atoms with van der Waals surface area (Å²) in [5, 5.41) is 11.4. The Kier molecular flexibility index (Phi) is 3.88. The second-order valence-corrected chi connectivity index (χ2v) is 6.51. The first-order chi connectivity index (χ1) is 15.2. The normalized spacial score (nSPS) is 15.2. The fourth-order valence-corrected chi connectivity index (χ4v) is 2.91. The van der Waals surface area contributed by atoms with E-state index in [9.17, 15) is 14.0 Å². The predicted molar refractivity (Wildman–Crippen MR) is 104 cm³/mol. The number of anilines is 3. The van der Waals surface area contributed by atoms with Gasteiger partial charge in [0.1, 0.15) is 11.3 Å². The van der Waals surface area contributed by atoms with E-state index in [2.05, 4.69) is 20.7 Å². The molecule has 0 aromatic carbocycles. The molecule has 0 atom stereocenters. The number of fused-ring (bicyclic) bond motifs is 1. The molecule has 3 N–H and O–H groups in total. The zero-order valence-electron chi connectivity index (χ0n) is 18.3. The summed E-state index contributed by atoms with van der Waals surface area (Å²) >= 11 is 0. The molecule has 3 heterocycles. The molecule has 0 unspecified atom stereocenters. The van der Waals surface area contributed by atoms with Gasteiger partial charge in [0.25, 0.3) is 5.91 Å². The van der Waals surface area contributed by atoms with Crippen LogP contribution in [0.5, 0.6) is 5.75 Å². The maximum atomic E-state index is 14.2. The van der Waals surface area contributed by atoms with Crippen LogP contribution in [-0.2, 0) is 4.79 Å². The number of halogens is 1. The lowest BCUT2D eigenvalue weighted by Gasteiger charge is -2.16. The summed E-state index contributed by atoms with van der Waals surface area (Å²) in [6, 6.07) is 2.94. The Morgan fingerprint density at radius 3 is 2.90 bits per heavy atom. The molecule has 1 saturated carbocycles. The van der Waals surface area contributed by atoms with Gasteiger partial charge in [-0.3, -0.25) is 9.59 Å². The Balaban J connectivity index is 1.74. The lowest BCUT2D eigenvalue weighted by molar-refractivity contribution is -0.117. The highest BCUT2D eigenvalue weighted by Gasteiger charge is 2.30. The van der Waals surface area contributed by atoms with Gasteiger partial charge in [-0.05, 0) is 18.9 Å². The number of aromatic nitrogens is 3. The van der Waals surface area contributed by atoms with Crippen molar-refractivity contribution in [3.63, 3.8) is 0 Å². The number of hydrogen-bond acceptors (Lipinski definition) is 6. The van der Waals surface area contributed by atoms with Crippen LogP contribution in [0.2, 0.25) is 0 Å². The minimum Gasteiger partial charge on any atom is -0.492 e. The second-order valence-electron chi connectivity index (χ2n) is 6.51. The lowest BCUT2D eigenvalue weighted by Crippen LogP contribution is -2.20.